The maximum absolute atomic E-state index is 11.2. The number of nitrogen functional groups attached to an aromatic ring is 1. The van der Waals surface area contributed by atoms with Crippen LogP contribution in [0.4, 0.5) is 11.4 Å². The molecule has 12 heavy (non-hydrogen) atoms. The standard InChI is InChI=1S/C8H12N2OS/c1-3-4-10(2)6-5(9)8(12)7(6)11/h3-4,9H2,1-2H3. The fourth-order valence-corrected chi connectivity index (χ4v) is 1.42. The zero-order valence-electron chi connectivity index (χ0n) is 7.26. The molecule has 0 aliphatic heterocycles. The lowest BCUT2D eigenvalue weighted by Crippen LogP contribution is -2.29. The van der Waals surface area contributed by atoms with Crippen LogP contribution in [0.15, 0.2) is 4.79 Å². The minimum absolute atomic E-state index is 0.0848. The van der Waals surface area contributed by atoms with Crippen LogP contribution in [0.5, 0.6) is 0 Å². The maximum atomic E-state index is 11.2. The smallest absolute Gasteiger partial charge is 0.224 e. The summed E-state index contributed by atoms with van der Waals surface area (Å²) in [5.74, 6) is 0. The van der Waals surface area contributed by atoms with Crippen molar-refractivity contribution >= 4 is 23.6 Å². The van der Waals surface area contributed by atoms with Gasteiger partial charge in [-0.3, -0.25) is 4.79 Å². The minimum Gasteiger partial charge on any atom is -0.396 e. The van der Waals surface area contributed by atoms with Gasteiger partial charge in [-0.25, -0.2) is 0 Å². The Kier molecular flexibility index (Phi) is 2.47. The molecule has 0 fully saturated rings. The summed E-state index contributed by atoms with van der Waals surface area (Å²) in [6.45, 7) is 2.89. The topological polar surface area (TPSA) is 46.3 Å². The van der Waals surface area contributed by atoms with Crippen molar-refractivity contribution in [3.63, 3.8) is 0 Å². The predicted molar refractivity (Wildman–Crippen MR) is 53.9 cm³/mol. The highest BCUT2D eigenvalue weighted by atomic mass is 32.1. The molecule has 0 saturated heterocycles. The van der Waals surface area contributed by atoms with Gasteiger partial charge >= 0.3 is 0 Å². The van der Waals surface area contributed by atoms with E-state index in [1.807, 2.05) is 11.9 Å². The van der Waals surface area contributed by atoms with Crippen LogP contribution < -0.4 is 16.1 Å². The van der Waals surface area contributed by atoms with E-state index in [1.165, 1.54) is 0 Å². The zero-order chi connectivity index (χ0) is 9.30. The van der Waals surface area contributed by atoms with E-state index < -0.39 is 0 Å². The van der Waals surface area contributed by atoms with Crippen LogP contribution in [0.25, 0.3) is 0 Å². The first-order valence-corrected chi connectivity index (χ1v) is 4.30. The summed E-state index contributed by atoms with van der Waals surface area (Å²) in [4.78, 5) is 13.0. The van der Waals surface area contributed by atoms with Gasteiger partial charge in [0, 0.05) is 13.6 Å². The monoisotopic (exact) mass is 184 g/mol. The van der Waals surface area contributed by atoms with Crippen molar-refractivity contribution in [3.05, 3.63) is 14.7 Å². The van der Waals surface area contributed by atoms with Crippen molar-refractivity contribution in [3.8, 4) is 0 Å². The van der Waals surface area contributed by atoms with Gasteiger partial charge in [0.25, 0.3) is 0 Å². The van der Waals surface area contributed by atoms with Gasteiger partial charge in [-0.15, -0.1) is 0 Å². The molecule has 0 heterocycles. The Morgan fingerprint density at radius 3 is 2.58 bits per heavy atom. The minimum atomic E-state index is -0.0848. The van der Waals surface area contributed by atoms with E-state index in [1.54, 1.807) is 0 Å². The molecule has 0 amide bonds. The highest BCUT2D eigenvalue weighted by Gasteiger charge is 2.17. The lowest BCUT2D eigenvalue weighted by Gasteiger charge is -2.21. The molecule has 0 spiro atoms. The third-order valence-corrected chi connectivity index (χ3v) is 2.27. The average Bonchev–Trinajstić information content (AvgIpc) is 2.05. The van der Waals surface area contributed by atoms with Gasteiger partial charge in [0.2, 0.25) is 5.43 Å². The van der Waals surface area contributed by atoms with E-state index in [0.717, 1.165) is 13.0 Å². The maximum Gasteiger partial charge on any atom is 0.224 e. The molecule has 0 aromatic heterocycles. The Balaban J connectivity index is 2.91. The van der Waals surface area contributed by atoms with Crippen molar-refractivity contribution in [1.82, 2.24) is 0 Å². The lowest BCUT2D eigenvalue weighted by molar-refractivity contribution is 0.847. The van der Waals surface area contributed by atoms with E-state index in [9.17, 15) is 4.79 Å². The van der Waals surface area contributed by atoms with Crippen molar-refractivity contribution in [2.24, 2.45) is 0 Å². The van der Waals surface area contributed by atoms with Gasteiger partial charge in [0.15, 0.2) is 0 Å². The number of hydrogen-bond donors (Lipinski definition) is 1. The Bertz CT molecular complexity index is 352. The predicted octanol–water partition coefficient (Wildman–Crippen LogP) is 1.08. The average molecular weight is 184 g/mol. The molecular formula is C8H12N2OS. The molecule has 0 bridgehead atoms. The SMILES string of the molecule is CCCN(C)c1c(N)c(=S)c1=O. The lowest BCUT2D eigenvalue weighted by atomic mass is 10.2. The van der Waals surface area contributed by atoms with Crippen LogP contribution in [-0.4, -0.2) is 13.6 Å². The summed E-state index contributed by atoms with van der Waals surface area (Å²) in [6, 6.07) is 0. The third-order valence-electron chi connectivity index (χ3n) is 1.86. The molecule has 0 saturated carbocycles. The van der Waals surface area contributed by atoms with Crippen molar-refractivity contribution in [1.29, 1.82) is 0 Å². The molecule has 4 heteroatoms. The molecule has 0 radical (unpaired) electrons. The summed E-state index contributed by atoms with van der Waals surface area (Å²) in [7, 11) is 1.85. The molecule has 1 rings (SSSR count). The second-order valence-corrected chi connectivity index (χ2v) is 3.25. The Morgan fingerprint density at radius 1 is 1.58 bits per heavy atom. The molecule has 0 atom stereocenters. The number of nitrogens with two attached hydrogens (primary N) is 1. The van der Waals surface area contributed by atoms with Crippen molar-refractivity contribution in [2.75, 3.05) is 24.2 Å². The quantitative estimate of drug-likeness (QED) is 0.714. The molecule has 2 N–H and O–H groups in total. The first-order chi connectivity index (χ1) is 5.59. The molecule has 0 aliphatic carbocycles. The highest BCUT2D eigenvalue weighted by molar-refractivity contribution is 7.71. The second-order valence-electron chi connectivity index (χ2n) is 2.84. The fourth-order valence-electron chi connectivity index (χ4n) is 1.22. The van der Waals surface area contributed by atoms with E-state index >= 15 is 0 Å². The second kappa shape index (κ2) is 3.23. The molecular weight excluding hydrogens is 172 g/mol. The van der Waals surface area contributed by atoms with Gasteiger partial charge in [-0.2, -0.15) is 0 Å². The number of nitrogens with zero attached hydrogens (tertiary/aromatic N) is 1. The summed E-state index contributed by atoms with van der Waals surface area (Å²) < 4.78 is 0.285. The van der Waals surface area contributed by atoms with E-state index in [2.05, 4.69) is 6.92 Å². The first-order valence-electron chi connectivity index (χ1n) is 3.89. The van der Waals surface area contributed by atoms with Crippen LogP contribution in [0.2, 0.25) is 0 Å². The third kappa shape index (κ3) is 1.22. The Labute approximate surface area is 76.5 Å². The zero-order valence-corrected chi connectivity index (χ0v) is 8.07. The summed E-state index contributed by atoms with van der Waals surface area (Å²) >= 11 is 4.75. The van der Waals surface area contributed by atoms with E-state index in [-0.39, 0.29) is 9.94 Å². The number of anilines is 2. The summed E-state index contributed by atoms with van der Waals surface area (Å²) in [5.41, 5.74) is 6.54. The van der Waals surface area contributed by atoms with Gasteiger partial charge in [0.1, 0.15) is 10.2 Å². The summed E-state index contributed by atoms with van der Waals surface area (Å²) in [6.07, 6.45) is 0.993. The fraction of sp³-hybridized carbons (Fsp3) is 0.500. The van der Waals surface area contributed by atoms with Crippen molar-refractivity contribution in [2.45, 2.75) is 13.3 Å². The normalized spacial score (nSPS) is 10.5. The van der Waals surface area contributed by atoms with Gasteiger partial charge in [-0.05, 0) is 6.42 Å². The number of rotatable bonds is 3. The molecule has 1 aromatic rings. The van der Waals surface area contributed by atoms with Crippen LogP contribution in [-0.2, 0) is 0 Å². The molecule has 66 valence electrons. The van der Waals surface area contributed by atoms with E-state index in [0.29, 0.717) is 11.4 Å². The van der Waals surface area contributed by atoms with Crippen LogP contribution in [0.1, 0.15) is 13.3 Å². The van der Waals surface area contributed by atoms with Crippen LogP contribution >= 0.6 is 12.2 Å². The first kappa shape index (κ1) is 9.19. The van der Waals surface area contributed by atoms with Gasteiger partial charge < -0.3 is 10.6 Å². The largest absolute Gasteiger partial charge is 0.396 e. The summed E-state index contributed by atoms with van der Waals surface area (Å²) in [5, 5.41) is 0. The molecule has 0 aliphatic rings. The molecule has 3 nitrogen and oxygen atoms in total. The Hall–Kier alpha value is -0.900. The molecule has 0 unspecified atom stereocenters. The van der Waals surface area contributed by atoms with Gasteiger partial charge in [-0.1, -0.05) is 19.1 Å². The highest BCUT2D eigenvalue weighted by Crippen LogP contribution is 2.21. The molecule has 1 aromatic carbocycles. The van der Waals surface area contributed by atoms with Gasteiger partial charge in [0.05, 0.1) is 5.69 Å². The van der Waals surface area contributed by atoms with E-state index in [4.69, 9.17) is 18.0 Å². The number of hydrogen-bond acceptors (Lipinski definition) is 4. The van der Waals surface area contributed by atoms with Crippen molar-refractivity contribution < 1.29 is 0 Å². The Morgan fingerprint density at radius 2 is 2.17 bits per heavy atom. The van der Waals surface area contributed by atoms with Crippen LogP contribution in [0, 0.1) is 4.51 Å². The van der Waals surface area contributed by atoms with Crippen LogP contribution in [0.3, 0.4) is 0 Å².